The summed E-state index contributed by atoms with van der Waals surface area (Å²) < 4.78 is 19.8. The molecule has 24 heavy (non-hydrogen) atoms. The fourth-order valence-electron chi connectivity index (χ4n) is 2.34. The number of rotatable bonds is 5. The SMILES string of the molecule is CCC(OC(=O)c1c(C)nn(C)c1C)C(=O)Nc1ccc(F)cc1. The van der Waals surface area contributed by atoms with Crippen LogP contribution in [0.2, 0.25) is 0 Å². The first-order valence-electron chi connectivity index (χ1n) is 7.61. The van der Waals surface area contributed by atoms with Crippen molar-refractivity contribution in [2.75, 3.05) is 5.32 Å². The molecule has 1 heterocycles. The van der Waals surface area contributed by atoms with Gasteiger partial charge < -0.3 is 10.1 Å². The van der Waals surface area contributed by atoms with Crippen molar-refractivity contribution in [3.8, 4) is 0 Å². The van der Waals surface area contributed by atoms with Gasteiger partial charge >= 0.3 is 5.97 Å². The quantitative estimate of drug-likeness (QED) is 0.854. The number of ether oxygens (including phenoxy) is 1. The molecule has 0 saturated heterocycles. The van der Waals surface area contributed by atoms with Crippen LogP contribution in [0.1, 0.15) is 35.1 Å². The van der Waals surface area contributed by atoms with Gasteiger partial charge in [0.2, 0.25) is 0 Å². The maximum absolute atomic E-state index is 12.9. The molecule has 0 bridgehead atoms. The van der Waals surface area contributed by atoms with Gasteiger partial charge in [0.15, 0.2) is 6.10 Å². The molecule has 0 radical (unpaired) electrons. The summed E-state index contributed by atoms with van der Waals surface area (Å²) in [5, 5.41) is 6.77. The van der Waals surface area contributed by atoms with Gasteiger partial charge in [-0.15, -0.1) is 0 Å². The molecule has 1 aromatic carbocycles. The number of amides is 1. The number of halogens is 1. The Bertz CT molecular complexity index is 753. The average Bonchev–Trinajstić information content (AvgIpc) is 2.79. The molecule has 1 unspecified atom stereocenters. The maximum atomic E-state index is 12.9. The Morgan fingerprint density at radius 1 is 1.29 bits per heavy atom. The van der Waals surface area contributed by atoms with E-state index >= 15 is 0 Å². The van der Waals surface area contributed by atoms with Crippen molar-refractivity contribution >= 4 is 17.6 Å². The summed E-state index contributed by atoms with van der Waals surface area (Å²) in [6, 6.07) is 5.37. The second kappa shape index (κ2) is 7.25. The van der Waals surface area contributed by atoms with E-state index in [1.54, 1.807) is 32.5 Å². The number of nitrogens with zero attached hydrogens (tertiary/aromatic N) is 2. The molecule has 0 spiro atoms. The highest BCUT2D eigenvalue weighted by atomic mass is 19.1. The first kappa shape index (κ1) is 17.7. The standard InChI is InChI=1S/C17H20FN3O3/c1-5-14(16(22)19-13-8-6-12(18)7-9-13)24-17(23)15-10(2)20-21(4)11(15)3/h6-9,14H,5H2,1-4H3,(H,19,22). The molecule has 0 aliphatic carbocycles. The number of esters is 1. The van der Waals surface area contributed by atoms with Crippen LogP contribution < -0.4 is 5.32 Å². The summed E-state index contributed by atoms with van der Waals surface area (Å²) >= 11 is 0. The molecule has 1 N–H and O–H groups in total. The smallest absolute Gasteiger partial charge is 0.342 e. The normalized spacial score (nSPS) is 11.9. The Morgan fingerprint density at radius 3 is 2.42 bits per heavy atom. The van der Waals surface area contributed by atoms with E-state index in [4.69, 9.17) is 4.74 Å². The van der Waals surface area contributed by atoms with Gasteiger partial charge in [-0.05, 0) is 44.5 Å². The predicted octanol–water partition coefficient (Wildman–Crippen LogP) is 2.75. The maximum Gasteiger partial charge on any atom is 0.342 e. The van der Waals surface area contributed by atoms with Gasteiger partial charge in [-0.3, -0.25) is 9.48 Å². The molecule has 7 heteroatoms. The monoisotopic (exact) mass is 333 g/mol. The van der Waals surface area contributed by atoms with Crippen molar-refractivity contribution in [3.63, 3.8) is 0 Å². The number of hydrogen-bond acceptors (Lipinski definition) is 4. The van der Waals surface area contributed by atoms with Crippen LogP contribution in [0.5, 0.6) is 0 Å². The molecule has 0 aliphatic rings. The summed E-state index contributed by atoms with van der Waals surface area (Å²) in [6.07, 6.45) is -0.626. The third kappa shape index (κ3) is 3.79. The van der Waals surface area contributed by atoms with Crippen LogP contribution in [0.25, 0.3) is 0 Å². The van der Waals surface area contributed by atoms with Gasteiger partial charge in [-0.1, -0.05) is 6.92 Å². The fraction of sp³-hybridized carbons (Fsp3) is 0.353. The van der Waals surface area contributed by atoms with E-state index in [2.05, 4.69) is 10.4 Å². The van der Waals surface area contributed by atoms with E-state index in [0.29, 0.717) is 29.1 Å². The van der Waals surface area contributed by atoms with Crippen LogP contribution in [0.3, 0.4) is 0 Å². The van der Waals surface area contributed by atoms with Crippen molar-refractivity contribution in [1.29, 1.82) is 0 Å². The number of carbonyl (C=O) groups is 2. The topological polar surface area (TPSA) is 73.2 Å². The van der Waals surface area contributed by atoms with Crippen molar-refractivity contribution in [1.82, 2.24) is 9.78 Å². The Kier molecular flexibility index (Phi) is 5.33. The molecule has 1 aromatic heterocycles. The lowest BCUT2D eigenvalue weighted by atomic mass is 10.2. The van der Waals surface area contributed by atoms with Crippen molar-refractivity contribution in [2.45, 2.75) is 33.3 Å². The Morgan fingerprint density at radius 2 is 1.92 bits per heavy atom. The number of carbonyl (C=O) groups excluding carboxylic acids is 2. The molecule has 1 atom stereocenters. The number of aromatic nitrogens is 2. The molecular weight excluding hydrogens is 313 g/mol. The lowest BCUT2D eigenvalue weighted by molar-refractivity contribution is -0.124. The lowest BCUT2D eigenvalue weighted by Crippen LogP contribution is -2.32. The summed E-state index contributed by atoms with van der Waals surface area (Å²) in [5.41, 5.74) is 2.02. The second-order valence-electron chi connectivity index (χ2n) is 5.47. The van der Waals surface area contributed by atoms with E-state index in [-0.39, 0.29) is 0 Å². The van der Waals surface area contributed by atoms with E-state index in [0.717, 1.165) is 0 Å². The average molecular weight is 333 g/mol. The summed E-state index contributed by atoms with van der Waals surface area (Å²) in [5.74, 6) is -1.44. The van der Waals surface area contributed by atoms with Gasteiger partial charge in [0.1, 0.15) is 11.4 Å². The number of nitrogens with one attached hydrogen (secondary N) is 1. The van der Waals surface area contributed by atoms with Crippen LogP contribution in [-0.2, 0) is 16.6 Å². The number of hydrogen-bond donors (Lipinski definition) is 1. The zero-order valence-corrected chi connectivity index (χ0v) is 14.1. The zero-order valence-electron chi connectivity index (χ0n) is 14.1. The molecule has 0 aliphatic heterocycles. The number of benzene rings is 1. The summed E-state index contributed by atoms with van der Waals surface area (Å²) in [6.45, 7) is 5.21. The van der Waals surface area contributed by atoms with E-state index < -0.39 is 23.8 Å². The second-order valence-corrected chi connectivity index (χ2v) is 5.47. The Hall–Kier alpha value is -2.70. The number of anilines is 1. The molecule has 2 aromatic rings. The zero-order chi connectivity index (χ0) is 17.9. The predicted molar refractivity (Wildman–Crippen MR) is 87.2 cm³/mol. The first-order valence-corrected chi connectivity index (χ1v) is 7.61. The van der Waals surface area contributed by atoms with E-state index in [1.165, 1.54) is 24.3 Å². The van der Waals surface area contributed by atoms with Gasteiger partial charge in [-0.25, -0.2) is 9.18 Å². The Labute approximate surface area is 139 Å². The molecule has 6 nitrogen and oxygen atoms in total. The highest BCUT2D eigenvalue weighted by Gasteiger charge is 2.25. The van der Waals surface area contributed by atoms with Crippen LogP contribution in [0, 0.1) is 19.7 Å². The van der Waals surface area contributed by atoms with Gasteiger partial charge in [0, 0.05) is 18.4 Å². The van der Waals surface area contributed by atoms with Gasteiger partial charge in [-0.2, -0.15) is 5.10 Å². The minimum Gasteiger partial charge on any atom is -0.449 e. The van der Waals surface area contributed by atoms with Crippen molar-refractivity contribution in [3.05, 3.63) is 47.0 Å². The van der Waals surface area contributed by atoms with Gasteiger partial charge in [0.25, 0.3) is 5.91 Å². The third-order valence-electron chi connectivity index (χ3n) is 3.74. The van der Waals surface area contributed by atoms with Crippen LogP contribution in [-0.4, -0.2) is 27.8 Å². The van der Waals surface area contributed by atoms with E-state index in [9.17, 15) is 14.0 Å². The summed E-state index contributed by atoms with van der Waals surface area (Å²) in [4.78, 5) is 24.6. The minimum atomic E-state index is -0.943. The molecule has 1 amide bonds. The minimum absolute atomic E-state index is 0.317. The first-order chi connectivity index (χ1) is 11.3. The molecular formula is C17H20FN3O3. The molecule has 128 valence electrons. The molecule has 2 rings (SSSR count). The molecule has 0 fully saturated rings. The highest BCUT2D eigenvalue weighted by Crippen LogP contribution is 2.16. The largest absolute Gasteiger partial charge is 0.449 e. The molecule has 0 saturated carbocycles. The van der Waals surface area contributed by atoms with E-state index in [1.807, 2.05) is 0 Å². The van der Waals surface area contributed by atoms with Crippen LogP contribution in [0.15, 0.2) is 24.3 Å². The lowest BCUT2D eigenvalue weighted by Gasteiger charge is -2.16. The number of aryl methyl sites for hydroxylation is 2. The highest BCUT2D eigenvalue weighted by molar-refractivity contribution is 5.98. The van der Waals surface area contributed by atoms with Crippen LogP contribution in [0.4, 0.5) is 10.1 Å². The Balaban J connectivity index is 2.09. The summed E-state index contributed by atoms with van der Waals surface area (Å²) in [7, 11) is 1.73. The van der Waals surface area contributed by atoms with Crippen molar-refractivity contribution < 1.29 is 18.7 Å². The van der Waals surface area contributed by atoms with Crippen molar-refractivity contribution in [2.24, 2.45) is 7.05 Å². The fourth-order valence-corrected chi connectivity index (χ4v) is 2.34. The third-order valence-corrected chi connectivity index (χ3v) is 3.74. The van der Waals surface area contributed by atoms with Crippen LogP contribution >= 0.6 is 0 Å². The van der Waals surface area contributed by atoms with Gasteiger partial charge in [0.05, 0.1) is 5.69 Å².